The summed E-state index contributed by atoms with van der Waals surface area (Å²) in [5.41, 5.74) is 1.75. The van der Waals surface area contributed by atoms with E-state index < -0.39 is 11.7 Å². The molecule has 4 rings (SSSR count). The first-order valence-electron chi connectivity index (χ1n) is 13.4. The van der Waals surface area contributed by atoms with E-state index in [0.717, 1.165) is 61.1 Å². The number of benzene rings is 3. The fourth-order valence-corrected chi connectivity index (χ4v) is 4.94. The van der Waals surface area contributed by atoms with Crippen LogP contribution < -0.4 is 0 Å². The van der Waals surface area contributed by atoms with Crippen molar-refractivity contribution < 1.29 is 27.0 Å². The van der Waals surface area contributed by atoms with Gasteiger partial charge < -0.3 is 9.47 Å². The van der Waals surface area contributed by atoms with Crippen LogP contribution in [0.1, 0.15) is 67.7 Å². The third-order valence-corrected chi connectivity index (χ3v) is 7.23. The molecule has 0 aliphatic carbocycles. The molecule has 0 bridgehead atoms. The maximum atomic E-state index is 15.2. The highest BCUT2D eigenvalue weighted by molar-refractivity contribution is 5.84. The summed E-state index contributed by atoms with van der Waals surface area (Å²) in [6.45, 7) is 3.74. The normalized spacial score (nSPS) is 18.4. The lowest BCUT2D eigenvalue weighted by Gasteiger charge is -2.29. The van der Waals surface area contributed by atoms with Crippen LogP contribution in [-0.4, -0.2) is 19.5 Å². The molecule has 3 aromatic rings. The highest BCUT2D eigenvalue weighted by atomic mass is 19.4. The highest BCUT2D eigenvalue weighted by Gasteiger charge is 2.30. The molecule has 0 aromatic heterocycles. The van der Waals surface area contributed by atoms with Gasteiger partial charge in [0, 0.05) is 17.7 Å². The zero-order valence-corrected chi connectivity index (χ0v) is 21.5. The maximum absolute atomic E-state index is 15.2. The number of hydrogen-bond donors (Lipinski definition) is 0. The minimum atomic E-state index is -4.35. The van der Waals surface area contributed by atoms with Crippen molar-refractivity contribution in [2.24, 2.45) is 5.92 Å². The van der Waals surface area contributed by atoms with Crippen molar-refractivity contribution >= 4 is 10.8 Å². The van der Waals surface area contributed by atoms with Crippen molar-refractivity contribution in [2.75, 3.05) is 13.2 Å². The number of unbranched alkanes of at least 4 members (excludes halogenated alkanes) is 3. The van der Waals surface area contributed by atoms with E-state index in [4.69, 9.17) is 9.47 Å². The van der Waals surface area contributed by atoms with Crippen molar-refractivity contribution in [3.05, 3.63) is 82.7 Å². The standard InChI is InChI=1S/C31H36F4O2/c1-2-3-4-5-6-24-20-36-29(37-21-24)18-11-23-10-17-28-26(19-23)14-13-25(30(28)32)12-7-22-8-15-27(16-9-22)31(33,34)35/h8-10,13-17,19,24,29H,2-7,11-12,18,20-21H2,1H3. The Morgan fingerprint density at radius 2 is 1.51 bits per heavy atom. The molecule has 200 valence electrons. The van der Waals surface area contributed by atoms with E-state index in [9.17, 15) is 13.2 Å². The van der Waals surface area contributed by atoms with Gasteiger partial charge in [-0.05, 0) is 59.9 Å². The first-order chi connectivity index (χ1) is 17.8. The van der Waals surface area contributed by atoms with E-state index in [1.54, 1.807) is 6.07 Å². The van der Waals surface area contributed by atoms with Gasteiger partial charge in [0.15, 0.2) is 6.29 Å². The van der Waals surface area contributed by atoms with Gasteiger partial charge in [-0.3, -0.25) is 0 Å². The number of halogens is 4. The predicted molar refractivity (Wildman–Crippen MR) is 139 cm³/mol. The summed E-state index contributed by atoms with van der Waals surface area (Å²) in [5.74, 6) is 0.227. The summed E-state index contributed by atoms with van der Waals surface area (Å²) < 4.78 is 65.3. The number of ether oxygens (including phenoxy) is 2. The summed E-state index contributed by atoms with van der Waals surface area (Å²) >= 11 is 0. The van der Waals surface area contributed by atoms with Gasteiger partial charge in [0.1, 0.15) is 5.82 Å². The van der Waals surface area contributed by atoms with Gasteiger partial charge in [0.05, 0.1) is 18.8 Å². The fourth-order valence-electron chi connectivity index (χ4n) is 4.94. The molecule has 2 nitrogen and oxygen atoms in total. The topological polar surface area (TPSA) is 18.5 Å². The van der Waals surface area contributed by atoms with Gasteiger partial charge in [0.2, 0.25) is 0 Å². The van der Waals surface area contributed by atoms with Crippen molar-refractivity contribution in [2.45, 2.75) is 77.2 Å². The summed E-state index contributed by atoms with van der Waals surface area (Å²) in [7, 11) is 0. The summed E-state index contributed by atoms with van der Waals surface area (Å²) in [5, 5.41) is 1.40. The van der Waals surface area contributed by atoms with E-state index in [2.05, 4.69) is 6.92 Å². The molecule has 1 aliphatic heterocycles. The zero-order chi connectivity index (χ0) is 26.3. The maximum Gasteiger partial charge on any atom is 0.416 e. The Kier molecular flexibility index (Phi) is 9.60. The molecule has 37 heavy (non-hydrogen) atoms. The average Bonchev–Trinajstić information content (AvgIpc) is 2.90. The second-order valence-corrected chi connectivity index (χ2v) is 10.1. The molecule has 1 fully saturated rings. The minimum absolute atomic E-state index is 0.188. The van der Waals surface area contributed by atoms with Crippen molar-refractivity contribution in [3.8, 4) is 0 Å². The Bertz CT molecular complexity index is 1130. The molecule has 3 aromatic carbocycles. The fraction of sp³-hybridized carbons (Fsp3) is 0.484. The second-order valence-electron chi connectivity index (χ2n) is 10.1. The lowest BCUT2D eigenvalue weighted by molar-refractivity contribution is -0.203. The molecule has 0 unspecified atom stereocenters. The van der Waals surface area contributed by atoms with Gasteiger partial charge in [-0.15, -0.1) is 0 Å². The van der Waals surface area contributed by atoms with Crippen LogP contribution in [0.25, 0.3) is 10.8 Å². The lowest BCUT2D eigenvalue weighted by Crippen LogP contribution is -2.32. The molecular formula is C31H36F4O2. The zero-order valence-electron chi connectivity index (χ0n) is 21.5. The Morgan fingerprint density at radius 3 is 2.22 bits per heavy atom. The molecule has 1 heterocycles. The first-order valence-corrected chi connectivity index (χ1v) is 13.4. The van der Waals surface area contributed by atoms with Crippen LogP contribution in [0.4, 0.5) is 17.6 Å². The number of hydrogen-bond acceptors (Lipinski definition) is 2. The van der Waals surface area contributed by atoms with E-state index in [0.29, 0.717) is 29.7 Å². The van der Waals surface area contributed by atoms with Crippen LogP contribution in [0.5, 0.6) is 0 Å². The molecule has 6 heteroatoms. The number of fused-ring (bicyclic) bond motifs is 1. The van der Waals surface area contributed by atoms with Crippen LogP contribution in [0.3, 0.4) is 0 Å². The van der Waals surface area contributed by atoms with Gasteiger partial charge in [-0.1, -0.05) is 75.1 Å². The molecule has 0 radical (unpaired) electrons. The Morgan fingerprint density at radius 1 is 0.784 bits per heavy atom. The highest BCUT2D eigenvalue weighted by Crippen LogP contribution is 2.30. The molecule has 0 saturated carbocycles. The summed E-state index contributed by atoms with van der Waals surface area (Å²) in [6, 6.07) is 14.5. The van der Waals surface area contributed by atoms with Crippen molar-refractivity contribution in [1.82, 2.24) is 0 Å². The monoisotopic (exact) mass is 516 g/mol. The predicted octanol–water partition coefficient (Wildman–Crippen LogP) is 8.68. The average molecular weight is 517 g/mol. The van der Waals surface area contributed by atoms with Crippen LogP contribution in [0.15, 0.2) is 54.6 Å². The Balaban J connectivity index is 1.28. The molecule has 0 spiro atoms. The smallest absolute Gasteiger partial charge is 0.352 e. The number of aryl methyl sites for hydroxylation is 3. The van der Waals surface area contributed by atoms with E-state index in [1.165, 1.54) is 37.8 Å². The van der Waals surface area contributed by atoms with Gasteiger partial charge >= 0.3 is 6.18 Å². The second kappa shape index (κ2) is 12.9. The van der Waals surface area contributed by atoms with Gasteiger partial charge in [-0.25, -0.2) is 4.39 Å². The van der Waals surface area contributed by atoms with Crippen LogP contribution in [-0.2, 0) is 34.9 Å². The summed E-state index contributed by atoms with van der Waals surface area (Å²) in [4.78, 5) is 0. The Labute approximate surface area is 217 Å². The van der Waals surface area contributed by atoms with Crippen molar-refractivity contribution in [1.29, 1.82) is 0 Å². The SMILES string of the molecule is CCCCCCC1COC(CCc2ccc3c(F)c(CCc4ccc(C(F)(F)F)cc4)ccc3c2)OC1. The van der Waals surface area contributed by atoms with Crippen LogP contribution in [0.2, 0.25) is 0 Å². The largest absolute Gasteiger partial charge is 0.416 e. The van der Waals surface area contributed by atoms with Gasteiger partial charge in [-0.2, -0.15) is 13.2 Å². The van der Waals surface area contributed by atoms with Crippen LogP contribution >= 0.6 is 0 Å². The molecule has 0 N–H and O–H groups in total. The summed E-state index contributed by atoms with van der Waals surface area (Å²) in [6.07, 6.45) is 4.12. The Hall–Kier alpha value is -2.44. The first kappa shape index (κ1) is 27.6. The lowest BCUT2D eigenvalue weighted by atomic mass is 9.97. The third kappa shape index (κ3) is 7.78. The quantitative estimate of drug-likeness (QED) is 0.187. The van der Waals surface area contributed by atoms with Crippen LogP contribution in [0, 0.1) is 11.7 Å². The van der Waals surface area contributed by atoms with E-state index >= 15 is 4.39 Å². The van der Waals surface area contributed by atoms with E-state index in [-0.39, 0.29) is 12.1 Å². The molecule has 1 saturated heterocycles. The molecule has 0 atom stereocenters. The minimum Gasteiger partial charge on any atom is -0.352 e. The van der Waals surface area contributed by atoms with Gasteiger partial charge in [0.25, 0.3) is 0 Å². The number of rotatable bonds is 11. The molecular weight excluding hydrogens is 480 g/mol. The third-order valence-electron chi connectivity index (χ3n) is 7.23. The molecule has 0 amide bonds. The molecule has 1 aliphatic rings. The van der Waals surface area contributed by atoms with E-state index in [1.807, 2.05) is 24.3 Å². The van der Waals surface area contributed by atoms with Crippen molar-refractivity contribution in [3.63, 3.8) is 0 Å². The number of alkyl halides is 3.